The Morgan fingerprint density at radius 3 is 2.43 bits per heavy atom. The lowest BCUT2D eigenvalue weighted by atomic mass is 10.1. The van der Waals surface area contributed by atoms with Crippen molar-refractivity contribution in [2.24, 2.45) is 0 Å². The first-order chi connectivity index (χ1) is 13.5. The van der Waals surface area contributed by atoms with Crippen LogP contribution in [0, 0.1) is 6.92 Å². The maximum Gasteiger partial charge on any atom is 0.234 e. The third-order valence-electron chi connectivity index (χ3n) is 5.06. The number of aryl methyl sites for hydroxylation is 1. The summed E-state index contributed by atoms with van der Waals surface area (Å²) in [6.07, 6.45) is 0. The maximum absolute atomic E-state index is 12.2. The van der Waals surface area contributed by atoms with Crippen LogP contribution in [0.1, 0.15) is 16.7 Å². The Kier molecular flexibility index (Phi) is 7.31. The minimum Gasteiger partial charge on any atom is -0.496 e. The summed E-state index contributed by atoms with van der Waals surface area (Å²) in [4.78, 5) is 16.9. The van der Waals surface area contributed by atoms with Crippen LogP contribution in [0.15, 0.2) is 42.5 Å². The van der Waals surface area contributed by atoms with E-state index in [1.54, 1.807) is 7.11 Å². The largest absolute Gasteiger partial charge is 0.496 e. The van der Waals surface area contributed by atoms with Gasteiger partial charge in [-0.1, -0.05) is 41.4 Å². The number of hydrogen-bond acceptors (Lipinski definition) is 4. The molecule has 6 heteroatoms. The summed E-state index contributed by atoms with van der Waals surface area (Å²) < 4.78 is 5.49. The lowest BCUT2D eigenvalue weighted by Gasteiger charge is -2.34. The first-order valence-corrected chi connectivity index (χ1v) is 10.0. The number of piperazine rings is 1. The standard InChI is InChI=1S/C22H28ClN3O2/c1-17-3-8-21(28-2)19(13-17)15-25-9-11-26(12-10-25)16-22(27)24-14-18-4-6-20(23)7-5-18/h3-8,13H,9-12,14-16H2,1-2H3,(H,24,27). The van der Waals surface area contributed by atoms with Gasteiger partial charge in [-0.3, -0.25) is 14.6 Å². The van der Waals surface area contributed by atoms with Crippen LogP contribution in [0.3, 0.4) is 0 Å². The minimum absolute atomic E-state index is 0.0590. The summed E-state index contributed by atoms with van der Waals surface area (Å²) in [7, 11) is 1.72. The summed E-state index contributed by atoms with van der Waals surface area (Å²) in [5.41, 5.74) is 3.51. The first-order valence-electron chi connectivity index (χ1n) is 9.63. The average molecular weight is 402 g/mol. The third kappa shape index (κ3) is 5.96. The molecule has 5 nitrogen and oxygen atoms in total. The highest BCUT2D eigenvalue weighted by Gasteiger charge is 2.20. The Bertz CT molecular complexity index is 787. The van der Waals surface area contributed by atoms with Crippen molar-refractivity contribution in [2.45, 2.75) is 20.0 Å². The van der Waals surface area contributed by atoms with Gasteiger partial charge >= 0.3 is 0 Å². The van der Waals surface area contributed by atoms with E-state index < -0.39 is 0 Å². The lowest BCUT2D eigenvalue weighted by Crippen LogP contribution is -2.49. The third-order valence-corrected chi connectivity index (χ3v) is 5.32. The van der Waals surface area contributed by atoms with E-state index in [1.807, 2.05) is 30.3 Å². The molecule has 1 saturated heterocycles. The van der Waals surface area contributed by atoms with Crippen LogP contribution < -0.4 is 10.1 Å². The van der Waals surface area contributed by atoms with E-state index >= 15 is 0 Å². The molecular weight excluding hydrogens is 374 g/mol. The Balaban J connectivity index is 1.42. The van der Waals surface area contributed by atoms with Gasteiger partial charge in [0.1, 0.15) is 5.75 Å². The van der Waals surface area contributed by atoms with E-state index in [-0.39, 0.29) is 5.91 Å². The molecule has 1 N–H and O–H groups in total. The van der Waals surface area contributed by atoms with E-state index in [2.05, 4.69) is 34.2 Å². The van der Waals surface area contributed by atoms with E-state index in [4.69, 9.17) is 16.3 Å². The van der Waals surface area contributed by atoms with Gasteiger partial charge in [-0.25, -0.2) is 0 Å². The number of carbonyl (C=O) groups is 1. The molecule has 0 aliphatic carbocycles. The van der Waals surface area contributed by atoms with Crippen LogP contribution in [0.4, 0.5) is 0 Å². The zero-order chi connectivity index (χ0) is 19.9. The molecule has 0 saturated carbocycles. The molecule has 1 amide bonds. The van der Waals surface area contributed by atoms with Gasteiger partial charge < -0.3 is 10.1 Å². The van der Waals surface area contributed by atoms with Crippen molar-refractivity contribution in [3.05, 3.63) is 64.2 Å². The van der Waals surface area contributed by atoms with Crippen molar-refractivity contribution in [1.82, 2.24) is 15.1 Å². The van der Waals surface area contributed by atoms with Crippen LogP contribution in [-0.4, -0.2) is 55.5 Å². The molecule has 150 valence electrons. The highest BCUT2D eigenvalue weighted by molar-refractivity contribution is 6.30. The predicted molar refractivity (Wildman–Crippen MR) is 113 cm³/mol. The molecule has 2 aromatic rings. The fourth-order valence-corrected chi connectivity index (χ4v) is 3.57. The van der Waals surface area contributed by atoms with Gasteiger partial charge in [-0.05, 0) is 30.7 Å². The van der Waals surface area contributed by atoms with E-state index in [0.29, 0.717) is 18.1 Å². The molecule has 28 heavy (non-hydrogen) atoms. The Morgan fingerprint density at radius 2 is 1.75 bits per heavy atom. The fraction of sp³-hybridized carbons (Fsp3) is 0.409. The molecule has 2 aromatic carbocycles. The van der Waals surface area contributed by atoms with Crippen molar-refractivity contribution in [3.8, 4) is 5.75 Å². The fourth-order valence-electron chi connectivity index (χ4n) is 3.44. The SMILES string of the molecule is COc1ccc(C)cc1CN1CCN(CC(=O)NCc2ccc(Cl)cc2)CC1. The normalized spacial score (nSPS) is 15.4. The molecule has 0 spiro atoms. The maximum atomic E-state index is 12.2. The molecule has 0 unspecified atom stereocenters. The van der Waals surface area contributed by atoms with Gasteiger partial charge in [0, 0.05) is 49.9 Å². The van der Waals surface area contributed by atoms with E-state index in [9.17, 15) is 4.79 Å². The highest BCUT2D eigenvalue weighted by atomic mass is 35.5. The summed E-state index contributed by atoms with van der Waals surface area (Å²) in [5, 5.41) is 3.69. The van der Waals surface area contributed by atoms with Crippen molar-refractivity contribution >= 4 is 17.5 Å². The average Bonchev–Trinajstić information content (AvgIpc) is 2.69. The Labute approximate surface area is 172 Å². The molecular formula is C22H28ClN3O2. The topological polar surface area (TPSA) is 44.8 Å². The van der Waals surface area contributed by atoms with Crippen molar-refractivity contribution in [1.29, 1.82) is 0 Å². The number of carbonyl (C=O) groups excluding carboxylic acids is 1. The number of benzene rings is 2. The zero-order valence-electron chi connectivity index (χ0n) is 16.6. The number of rotatable bonds is 7. The smallest absolute Gasteiger partial charge is 0.234 e. The van der Waals surface area contributed by atoms with Gasteiger partial charge in [0.25, 0.3) is 0 Å². The second kappa shape index (κ2) is 9.92. The van der Waals surface area contributed by atoms with E-state index in [1.165, 1.54) is 11.1 Å². The summed E-state index contributed by atoms with van der Waals surface area (Å²) in [6.45, 7) is 7.62. The number of ether oxygens (including phenoxy) is 1. The molecule has 1 fully saturated rings. The summed E-state index contributed by atoms with van der Waals surface area (Å²) in [6, 6.07) is 13.8. The molecule has 1 aliphatic heterocycles. The van der Waals surface area contributed by atoms with Gasteiger partial charge in [0.2, 0.25) is 5.91 Å². The molecule has 0 radical (unpaired) electrons. The Morgan fingerprint density at radius 1 is 1.07 bits per heavy atom. The van der Waals surface area contributed by atoms with Crippen LogP contribution in [0.25, 0.3) is 0 Å². The van der Waals surface area contributed by atoms with Crippen molar-refractivity contribution in [2.75, 3.05) is 39.8 Å². The summed E-state index contributed by atoms with van der Waals surface area (Å²) >= 11 is 5.89. The summed E-state index contributed by atoms with van der Waals surface area (Å²) in [5.74, 6) is 0.998. The predicted octanol–water partition coefficient (Wildman–Crippen LogP) is 3.09. The number of halogens is 1. The molecule has 0 atom stereocenters. The second-order valence-corrected chi connectivity index (χ2v) is 7.71. The minimum atomic E-state index is 0.0590. The van der Waals surface area contributed by atoms with Gasteiger partial charge in [0.05, 0.1) is 13.7 Å². The van der Waals surface area contributed by atoms with Gasteiger partial charge in [-0.15, -0.1) is 0 Å². The number of methoxy groups -OCH3 is 1. The van der Waals surface area contributed by atoms with Gasteiger partial charge in [0.15, 0.2) is 0 Å². The zero-order valence-corrected chi connectivity index (χ0v) is 17.3. The number of nitrogens with one attached hydrogen (secondary N) is 1. The number of hydrogen-bond donors (Lipinski definition) is 1. The second-order valence-electron chi connectivity index (χ2n) is 7.27. The van der Waals surface area contributed by atoms with Crippen molar-refractivity contribution in [3.63, 3.8) is 0 Å². The number of amides is 1. The van der Waals surface area contributed by atoms with Crippen LogP contribution in [0.2, 0.25) is 5.02 Å². The first kappa shape index (κ1) is 20.6. The molecule has 3 rings (SSSR count). The lowest BCUT2D eigenvalue weighted by molar-refractivity contribution is -0.122. The van der Waals surface area contributed by atoms with Crippen LogP contribution in [0.5, 0.6) is 5.75 Å². The monoisotopic (exact) mass is 401 g/mol. The van der Waals surface area contributed by atoms with Gasteiger partial charge in [-0.2, -0.15) is 0 Å². The molecule has 1 aliphatic rings. The number of nitrogens with zero attached hydrogens (tertiary/aromatic N) is 2. The Hall–Kier alpha value is -2.08. The van der Waals surface area contributed by atoms with E-state index in [0.717, 1.165) is 44.0 Å². The molecule has 1 heterocycles. The van der Waals surface area contributed by atoms with Crippen molar-refractivity contribution < 1.29 is 9.53 Å². The highest BCUT2D eigenvalue weighted by Crippen LogP contribution is 2.22. The van der Waals surface area contributed by atoms with Crippen LogP contribution in [-0.2, 0) is 17.9 Å². The molecule has 0 aromatic heterocycles. The van der Waals surface area contributed by atoms with Crippen LogP contribution >= 0.6 is 11.6 Å². The molecule has 0 bridgehead atoms. The quantitative estimate of drug-likeness (QED) is 0.774.